The zero-order valence-corrected chi connectivity index (χ0v) is 24.2. The number of ether oxygens (including phenoxy) is 1. The first-order valence-corrected chi connectivity index (χ1v) is 14.6. The Balaban J connectivity index is 1.55. The lowest BCUT2D eigenvalue weighted by Crippen LogP contribution is -2.06. The fourth-order valence-electron chi connectivity index (χ4n) is 5.96. The highest BCUT2D eigenvalue weighted by Crippen LogP contribution is 2.35. The number of aryl methyl sites for hydroxylation is 2. The van der Waals surface area contributed by atoms with Crippen molar-refractivity contribution in [1.29, 1.82) is 0 Å². The number of nitrogens with zero attached hydrogens (tertiary/aromatic N) is 2. The van der Waals surface area contributed by atoms with Crippen molar-refractivity contribution < 1.29 is 14.7 Å². The van der Waals surface area contributed by atoms with Crippen molar-refractivity contribution >= 4 is 44.1 Å². The molecule has 0 aliphatic heterocycles. The molecule has 1 heterocycles. The fourth-order valence-corrected chi connectivity index (χ4v) is 5.96. The summed E-state index contributed by atoms with van der Waals surface area (Å²) >= 11 is 0. The fraction of sp³-hybridized carbons (Fsp3) is 0.189. The first-order valence-electron chi connectivity index (χ1n) is 14.6. The third-order valence-electron chi connectivity index (χ3n) is 8.05. The van der Waals surface area contributed by atoms with Crippen LogP contribution in [0.25, 0.3) is 32.6 Å². The Bertz CT molecular complexity index is 1980. The van der Waals surface area contributed by atoms with E-state index in [9.17, 15) is 10.0 Å². The van der Waals surface area contributed by atoms with Gasteiger partial charge in [-0.2, -0.15) is 0 Å². The summed E-state index contributed by atoms with van der Waals surface area (Å²) in [6, 6.07) is 31.9. The number of hydrogen-bond acceptors (Lipinski definition) is 4. The second-order valence-electron chi connectivity index (χ2n) is 10.7. The van der Waals surface area contributed by atoms with Crippen LogP contribution in [0.5, 0.6) is 5.75 Å². The maximum absolute atomic E-state index is 14.2. The number of carbonyl (C=O) groups is 1. The standard InChI is InChI=1S/C37H34N2O3/c1-4-6-21-39-32-18-15-26(36(38-41)28-13-9-7-11-24(28)3)22-30(32)31-23-27(16-19-33(31)39)37(40)35-29-14-10-8-12-25(29)17-20-34(35)42-5-2/h7-20,22-23,41H,4-6,21H2,1-3H3/b38-36+. The van der Waals surface area contributed by atoms with E-state index in [1.54, 1.807) is 0 Å². The van der Waals surface area contributed by atoms with E-state index in [0.717, 1.165) is 68.7 Å². The molecule has 5 heteroatoms. The van der Waals surface area contributed by atoms with Crippen LogP contribution < -0.4 is 4.74 Å². The van der Waals surface area contributed by atoms with Crippen LogP contribution in [0.1, 0.15) is 59.3 Å². The molecule has 6 aromatic rings. The quantitative estimate of drug-likeness (QED) is 0.0840. The zero-order chi connectivity index (χ0) is 29.2. The molecule has 5 nitrogen and oxygen atoms in total. The third-order valence-corrected chi connectivity index (χ3v) is 8.05. The molecular formula is C37H34N2O3. The Morgan fingerprint density at radius 2 is 1.50 bits per heavy atom. The topological polar surface area (TPSA) is 63.8 Å². The number of oxime groups is 1. The summed E-state index contributed by atoms with van der Waals surface area (Å²) in [6.07, 6.45) is 2.12. The highest BCUT2D eigenvalue weighted by molar-refractivity contribution is 6.21. The van der Waals surface area contributed by atoms with E-state index in [4.69, 9.17) is 4.74 Å². The second kappa shape index (κ2) is 11.5. The number of fused-ring (bicyclic) bond motifs is 4. The Hall–Kier alpha value is -4.90. The zero-order valence-electron chi connectivity index (χ0n) is 24.2. The molecule has 6 rings (SSSR count). The Morgan fingerprint density at radius 1 is 0.810 bits per heavy atom. The van der Waals surface area contributed by atoms with Crippen molar-refractivity contribution in [3.63, 3.8) is 0 Å². The van der Waals surface area contributed by atoms with Crippen molar-refractivity contribution in [1.82, 2.24) is 4.57 Å². The number of unbranched alkanes of at least 4 members (excludes halogenated alkanes) is 1. The molecule has 0 unspecified atom stereocenters. The number of carbonyl (C=O) groups excluding carboxylic acids is 1. The molecule has 0 bridgehead atoms. The van der Waals surface area contributed by atoms with E-state index in [2.05, 4.69) is 34.8 Å². The van der Waals surface area contributed by atoms with Crippen molar-refractivity contribution in [2.75, 3.05) is 6.61 Å². The first kappa shape index (κ1) is 27.3. The largest absolute Gasteiger partial charge is 0.493 e. The van der Waals surface area contributed by atoms with Gasteiger partial charge in [0.1, 0.15) is 11.5 Å². The van der Waals surface area contributed by atoms with Gasteiger partial charge in [0.15, 0.2) is 5.78 Å². The van der Waals surface area contributed by atoms with Crippen LogP contribution >= 0.6 is 0 Å². The van der Waals surface area contributed by atoms with E-state index in [1.165, 1.54) is 0 Å². The number of ketones is 1. The van der Waals surface area contributed by atoms with Crippen molar-refractivity contribution in [3.05, 3.63) is 125 Å². The SMILES string of the molecule is CCCCn1c2ccc(C(=O)c3c(OCC)ccc4ccccc34)cc2c2cc(/C(=N\O)c3ccccc3C)ccc21. The number of hydrogen-bond donors (Lipinski definition) is 1. The molecule has 0 amide bonds. The van der Waals surface area contributed by atoms with Crippen LogP contribution in [0.15, 0.2) is 102 Å². The van der Waals surface area contributed by atoms with E-state index in [-0.39, 0.29) is 5.78 Å². The van der Waals surface area contributed by atoms with Gasteiger partial charge in [-0.15, -0.1) is 0 Å². The van der Waals surface area contributed by atoms with Crippen LogP contribution in [0.4, 0.5) is 0 Å². The molecule has 0 spiro atoms. The average molecular weight is 555 g/mol. The molecule has 1 N–H and O–H groups in total. The van der Waals surface area contributed by atoms with Crippen LogP contribution in [0, 0.1) is 6.92 Å². The molecule has 0 aliphatic carbocycles. The minimum Gasteiger partial charge on any atom is -0.493 e. The number of benzene rings is 5. The molecule has 0 atom stereocenters. The molecule has 0 saturated heterocycles. The van der Waals surface area contributed by atoms with Gasteiger partial charge in [-0.1, -0.05) is 79.2 Å². The van der Waals surface area contributed by atoms with Gasteiger partial charge in [0.05, 0.1) is 12.2 Å². The summed E-state index contributed by atoms with van der Waals surface area (Å²) in [4.78, 5) is 14.2. The third kappa shape index (κ3) is 4.71. The Morgan fingerprint density at radius 3 is 2.21 bits per heavy atom. The minimum absolute atomic E-state index is 0.0692. The van der Waals surface area contributed by atoms with Crippen LogP contribution in [-0.4, -0.2) is 27.9 Å². The van der Waals surface area contributed by atoms with E-state index in [0.29, 0.717) is 29.2 Å². The molecule has 0 saturated carbocycles. The summed E-state index contributed by atoms with van der Waals surface area (Å²) in [7, 11) is 0. The smallest absolute Gasteiger partial charge is 0.197 e. The molecule has 5 aromatic carbocycles. The summed E-state index contributed by atoms with van der Waals surface area (Å²) in [6.45, 7) is 7.48. The Kier molecular flexibility index (Phi) is 7.49. The predicted octanol–water partition coefficient (Wildman–Crippen LogP) is 8.91. The molecule has 42 heavy (non-hydrogen) atoms. The average Bonchev–Trinajstić information content (AvgIpc) is 3.33. The molecule has 210 valence electrons. The van der Waals surface area contributed by atoms with Gasteiger partial charge in [0.2, 0.25) is 0 Å². The van der Waals surface area contributed by atoms with Crippen LogP contribution in [-0.2, 0) is 6.54 Å². The van der Waals surface area contributed by atoms with Gasteiger partial charge in [-0.05, 0) is 73.0 Å². The molecular weight excluding hydrogens is 520 g/mol. The molecule has 1 aromatic heterocycles. The van der Waals surface area contributed by atoms with Gasteiger partial charge in [-0.25, -0.2) is 0 Å². The van der Waals surface area contributed by atoms with Crippen molar-refractivity contribution in [2.45, 2.75) is 40.2 Å². The van der Waals surface area contributed by atoms with Gasteiger partial charge in [0.25, 0.3) is 0 Å². The number of rotatable bonds is 9. The minimum atomic E-state index is -0.0692. The van der Waals surface area contributed by atoms with E-state index < -0.39 is 0 Å². The highest BCUT2D eigenvalue weighted by Gasteiger charge is 2.21. The van der Waals surface area contributed by atoms with E-state index >= 15 is 0 Å². The second-order valence-corrected chi connectivity index (χ2v) is 10.7. The summed E-state index contributed by atoms with van der Waals surface area (Å²) < 4.78 is 8.27. The lowest BCUT2D eigenvalue weighted by molar-refractivity contribution is 0.103. The molecule has 0 aliphatic rings. The van der Waals surface area contributed by atoms with Crippen LogP contribution in [0.2, 0.25) is 0 Å². The maximum Gasteiger partial charge on any atom is 0.197 e. The maximum atomic E-state index is 14.2. The normalized spacial score (nSPS) is 11.9. The van der Waals surface area contributed by atoms with Crippen LogP contribution in [0.3, 0.4) is 0 Å². The van der Waals surface area contributed by atoms with Gasteiger partial charge in [-0.3, -0.25) is 4.79 Å². The monoisotopic (exact) mass is 554 g/mol. The molecule has 0 radical (unpaired) electrons. The predicted molar refractivity (Wildman–Crippen MR) is 172 cm³/mol. The van der Waals surface area contributed by atoms with Gasteiger partial charge >= 0.3 is 0 Å². The Labute approximate surface area is 245 Å². The number of aromatic nitrogens is 1. The summed E-state index contributed by atoms with van der Waals surface area (Å²) in [5.41, 5.74) is 6.61. The van der Waals surface area contributed by atoms with E-state index in [1.807, 2.05) is 92.7 Å². The lowest BCUT2D eigenvalue weighted by Gasteiger charge is -2.13. The first-order chi connectivity index (χ1) is 20.5. The molecule has 0 fully saturated rings. The summed E-state index contributed by atoms with van der Waals surface area (Å²) in [5.74, 6) is 0.524. The van der Waals surface area contributed by atoms with Crippen molar-refractivity contribution in [2.24, 2.45) is 5.16 Å². The van der Waals surface area contributed by atoms with Crippen molar-refractivity contribution in [3.8, 4) is 5.75 Å². The lowest BCUT2D eigenvalue weighted by atomic mass is 9.94. The van der Waals surface area contributed by atoms with Gasteiger partial charge < -0.3 is 14.5 Å². The summed E-state index contributed by atoms with van der Waals surface area (Å²) in [5, 5.41) is 17.7. The highest BCUT2D eigenvalue weighted by atomic mass is 16.5. The van der Waals surface area contributed by atoms with Gasteiger partial charge in [0, 0.05) is 45.0 Å².